The molecule has 0 spiro atoms. The van der Waals surface area contributed by atoms with E-state index < -0.39 is 32.0 Å². The summed E-state index contributed by atoms with van der Waals surface area (Å²) in [4.78, 5) is 17.2. The second-order valence-electron chi connectivity index (χ2n) is 7.35. The van der Waals surface area contributed by atoms with Crippen LogP contribution in [0.3, 0.4) is 0 Å². The van der Waals surface area contributed by atoms with Crippen LogP contribution >= 0.6 is 0 Å². The van der Waals surface area contributed by atoms with Crippen LogP contribution in [0.2, 0.25) is 0 Å². The van der Waals surface area contributed by atoms with Gasteiger partial charge < -0.3 is 5.32 Å². The number of nitrogens with zero attached hydrogens (tertiary/aromatic N) is 3. The van der Waals surface area contributed by atoms with Crippen LogP contribution in [0.4, 0.5) is 5.69 Å². The van der Waals surface area contributed by atoms with Gasteiger partial charge in [0.05, 0.1) is 21.7 Å². The minimum absolute atomic E-state index is 0.0311. The molecule has 0 unspecified atom stereocenters. The van der Waals surface area contributed by atoms with Crippen molar-refractivity contribution in [2.75, 3.05) is 25.0 Å². The van der Waals surface area contributed by atoms with E-state index in [9.17, 15) is 21.6 Å². The summed E-state index contributed by atoms with van der Waals surface area (Å²) in [7, 11) is -7.96. The lowest BCUT2D eigenvalue weighted by Gasteiger charge is -2.38. The number of rotatable bonds is 6. The monoisotopic (exact) mass is 486 g/mol. The SMILES string of the molecule is O=C(Nc1cccnc1)[C@H]1CN(S(=O)(=O)c2ccccc2)CCN1S(=O)(=O)c1ccccc1. The zero-order chi connectivity index (χ0) is 23.5. The number of pyridine rings is 1. The van der Waals surface area contributed by atoms with Crippen LogP contribution in [-0.4, -0.2) is 62.0 Å². The van der Waals surface area contributed by atoms with Crippen LogP contribution < -0.4 is 5.32 Å². The molecule has 1 saturated heterocycles. The summed E-state index contributed by atoms with van der Waals surface area (Å²) in [5.74, 6) is -0.643. The number of anilines is 1. The highest BCUT2D eigenvalue weighted by Crippen LogP contribution is 2.26. The smallest absolute Gasteiger partial charge is 0.244 e. The first-order valence-corrected chi connectivity index (χ1v) is 13.0. The van der Waals surface area contributed by atoms with Gasteiger partial charge in [0.2, 0.25) is 26.0 Å². The molecular weight excluding hydrogens is 464 g/mol. The fourth-order valence-corrected chi connectivity index (χ4v) is 6.64. The Morgan fingerprint density at radius 2 is 1.42 bits per heavy atom. The van der Waals surface area contributed by atoms with Crippen LogP contribution in [0, 0.1) is 0 Å². The Morgan fingerprint density at radius 3 is 2.00 bits per heavy atom. The third kappa shape index (κ3) is 4.81. The average molecular weight is 487 g/mol. The summed E-state index contributed by atoms with van der Waals surface area (Å²) in [6.45, 7) is -0.580. The minimum Gasteiger partial charge on any atom is -0.323 e. The van der Waals surface area contributed by atoms with E-state index in [1.165, 1.54) is 36.7 Å². The average Bonchev–Trinajstić information content (AvgIpc) is 2.85. The number of piperazine rings is 1. The molecule has 172 valence electrons. The summed E-state index contributed by atoms with van der Waals surface area (Å²) < 4.78 is 55.2. The molecule has 1 fully saturated rings. The number of hydrogen-bond donors (Lipinski definition) is 1. The van der Waals surface area contributed by atoms with E-state index in [4.69, 9.17) is 0 Å². The summed E-state index contributed by atoms with van der Waals surface area (Å²) in [5, 5.41) is 2.65. The molecule has 0 saturated carbocycles. The number of carbonyl (C=O) groups is 1. The van der Waals surface area contributed by atoms with Gasteiger partial charge in [-0.15, -0.1) is 0 Å². The Kier molecular flexibility index (Phi) is 6.56. The molecule has 9 nitrogen and oxygen atoms in total. The summed E-state index contributed by atoms with van der Waals surface area (Å²) >= 11 is 0. The van der Waals surface area contributed by atoms with Crippen molar-refractivity contribution < 1.29 is 21.6 Å². The van der Waals surface area contributed by atoms with Gasteiger partial charge in [0.1, 0.15) is 6.04 Å². The van der Waals surface area contributed by atoms with E-state index in [1.54, 1.807) is 48.5 Å². The quantitative estimate of drug-likeness (QED) is 0.568. The lowest BCUT2D eigenvalue weighted by molar-refractivity contribution is -0.120. The van der Waals surface area contributed by atoms with Crippen LogP contribution in [0.1, 0.15) is 0 Å². The van der Waals surface area contributed by atoms with Crippen LogP contribution in [0.15, 0.2) is 95.0 Å². The fourth-order valence-electron chi connectivity index (χ4n) is 3.59. The predicted octanol–water partition coefficient (Wildman–Crippen LogP) is 1.78. The van der Waals surface area contributed by atoms with Gasteiger partial charge in [0.15, 0.2) is 0 Å². The molecule has 1 amide bonds. The van der Waals surface area contributed by atoms with Crippen molar-refractivity contribution in [1.82, 2.24) is 13.6 Å². The van der Waals surface area contributed by atoms with Crippen molar-refractivity contribution in [3.05, 3.63) is 85.2 Å². The van der Waals surface area contributed by atoms with Crippen LogP contribution in [0.25, 0.3) is 0 Å². The third-order valence-corrected chi connectivity index (χ3v) is 9.06. The molecule has 4 rings (SSSR count). The van der Waals surface area contributed by atoms with E-state index in [-0.39, 0.29) is 29.4 Å². The molecule has 33 heavy (non-hydrogen) atoms. The number of benzene rings is 2. The number of carbonyl (C=O) groups excluding carboxylic acids is 1. The largest absolute Gasteiger partial charge is 0.323 e. The second kappa shape index (κ2) is 9.40. The van der Waals surface area contributed by atoms with Crippen molar-refractivity contribution in [1.29, 1.82) is 0 Å². The van der Waals surface area contributed by atoms with Gasteiger partial charge in [-0.3, -0.25) is 9.78 Å². The van der Waals surface area contributed by atoms with Crippen molar-refractivity contribution >= 4 is 31.6 Å². The second-order valence-corrected chi connectivity index (χ2v) is 11.2. The van der Waals surface area contributed by atoms with Crippen LogP contribution in [-0.2, 0) is 24.8 Å². The summed E-state index contributed by atoms with van der Waals surface area (Å²) in [6.07, 6.45) is 2.96. The maximum atomic E-state index is 13.3. The molecule has 1 aliphatic rings. The zero-order valence-corrected chi connectivity index (χ0v) is 19.1. The first kappa shape index (κ1) is 23.1. The Labute approximate surface area is 192 Å². The maximum absolute atomic E-state index is 13.3. The van der Waals surface area contributed by atoms with Crippen molar-refractivity contribution in [2.45, 2.75) is 15.8 Å². The Balaban J connectivity index is 1.68. The predicted molar refractivity (Wildman–Crippen MR) is 122 cm³/mol. The molecule has 1 aliphatic heterocycles. The molecule has 0 radical (unpaired) electrons. The number of hydrogen-bond acceptors (Lipinski definition) is 6. The van der Waals surface area contributed by atoms with E-state index in [1.807, 2.05) is 0 Å². The maximum Gasteiger partial charge on any atom is 0.244 e. The standard InChI is InChI=1S/C22H22N4O5S2/c27-22(24-18-8-7-13-23-16-18)21-17-25(32(28,29)19-9-3-1-4-10-19)14-15-26(21)33(30,31)20-11-5-2-6-12-20/h1-13,16,21H,14-15,17H2,(H,24,27)/t21-/m1/s1. The topological polar surface area (TPSA) is 117 Å². The van der Waals surface area contributed by atoms with Gasteiger partial charge >= 0.3 is 0 Å². The van der Waals surface area contributed by atoms with Gasteiger partial charge in [-0.05, 0) is 36.4 Å². The first-order valence-electron chi connectivity index (χ1n) is 10.1. The highest BCUT2D eigenvalue weighted by atomic mass is 32.2. The van der Waals surface area contributed by atoms with E-state index in [2.05, 4.69) is 10.3 Å². The number of aromatic nitrogens is 1. The first-order chi connectivity index (χ1) is 15.8. The van der Waals surface area contributed by atoms with Gasteiger partial charge in [-0.1, -0.05) is 36.4 Å². The van der Waals surface area contributed by atoms with E-state index in [0.29, 0.717) is 5.69 Å². The number of amides is 1. The molecule has 0 bridgehead atoms. The zero-order valence-electron chi connectivity index (χ0n) is 17.5. The highest BCUT2D eigenvalue weighted by Gasteiger charge is 2.43. The lowest BCUT2D eigenvalue weighted by Crippen LogP contribution is -2.60. The minimum atomic E-state index is -4.05. The fraction of sp³-hybridized carbons (Fsp3) is 0.182. The molecule has 1 N–H and O–H groups in total. The number of sulfonamides is 2. The molecule has 1 atom stereocenters. The molecule has 2 aromatic carbocycles. The molecule has 2 heterocycles. The summed E-state index contributed by atoms with van der Waals surface area (Å²) in [5.41, 5.74) is 0.377. The van der Waals surface area contributed by atoms with Gasteiger partial charge in [0, 0.05) is 25.8 Å². The van der Waals surface area contributed by atoms with Gasteiger partial charge in [-0.2, -0.15) is 8.61 Å². The number of nitrogens with one attached hydrogen (secondary N) is 1. The normalized spacial score (nSPS) is 18.0. The van der Waals surface area contributed by atoms with Gasteiger partial charge in [-0.25, -0.2) is 16.8 Å². The molecule has 0 aliphatic carbocycles. The van der Waals surface area contributed by atoms with Crippen molar-refractivity contribution in [2.24, 2.45) is 0 Å². The lowest BCUT2D eigenvalue weighted by atomic mass is 10.2. The van der Waals surface area contributed by atoms with Crippen molar-refractivity contribution in [3.8, 4) is 0 Å². The Hall–Kier alpha value is -3.12. The highest BCUT2D eigenvalue weighted by molar-refractivity contribution is 7.89. The third-order valence-electron chi connectivity index (χ3n) is 5.26. The van der Waals surface area contributed by atoms with Gasteiger partial charge in [0.25, 0.3) is 0 Å². The molecular formula is C22H22N4O5S2. The Morgan fingerprint density at radius 1 is 0.818 bits per heavy atom. The Bertz CT molecular complexity index is 1320. The molecule has 1 aromatic heterocycles. The molecule has 3 aromatic rings. The summed E-state index contributed by atoms with van der Waals surface area (Å²) in [6, 6.07) is 17.6. The van der Waals surface area contributed by atoms with Crippen molar-refractivity contribution in [3.63, 3.8) is 0 Å². The van der Waals surface area contributed by atoms with E-state index in [0.717, 1.165) is 8.61 Å². The van der Waals surface area contributed by atoms with Crippen LogP contribution in [0.5, 0.6) is 0 Å². The molecule has 11 heteroatoms. The van der Waals surface area contributed by atoms with E-state index >= 15 is 0 Å².